The van der Waals surface area contributed by atoms with Gasteiger partial charge in [0.2, 0.25) is 5.91 Å². The van der Waals surface area contributed by atoms with E-state index in [1.54, 1.807) is 29.2 Å². The lowest BCUT2D eigenvalue weighted by atomic mass is 10.1. The van der Waals surface area contributed by atoms with Gasteiger partial charge < -0.3 is 10.4 Å². The average molecular weight is 311 g/mol. The summed E-state index contributed by atoms with van der Waals surface area (Å²) in [5, 5.41) is 12.6. The molecule has 1 unspecified atom stereocenters. The largest absolute Gasteiger partial charge is 0.480 e. The van der Waals surface area contributed by atoms with Gasteiger partial charge in [-0.25, -0.2) is 0 Å². The van der Waals surface area contributed by atoms with Crippen molar-refractivity contribution in [3.63, 3.8) is 0 Å². The van der Waals surface area contributed by atoms with Crippen LogP contribution in [0.4, 0.5) is 5.69 Å². The van der Waals surface area contributed by atoms with Crippen LogP contribution in [0.15, 0.2) is 24.3 Å². The van der Waals surface area contributed by atoms with Crippen LogP contribution in [-0.2, 0) is 9.59 Å². The Morgan fingerprint density at radius 2 is 2.14 bits per heavy atom. The maximum Gasteiger partial charge on any atom is 0.320 e. The van der Waals surface area contributed by atoms with Crippen LogP contribution in [0.1, 0.15) is 25.7 Å². The Labute approximate surface area is 128 Å². The molecule has 21 heavy (non-hydrogen) atoms. The first-order valence-electron chi connectivity index (χ1n) is 7.08. The number of carboxylic acids is 1. The van der Waals surface area contributed by atoms with E-state index in [2.05, 4.69) is 5.32 Å². The number of hydrogen-bond acceptors (Lipinski definition) is 3. The van der Waals surface area contributed by atoms with Crippen molar-refractivity contribution in [3.05, 3.63) is 29.3 Å². The second-order valence-electron chi connectivity index (χ2n) is 5.23. The Kier molecular flexibility index (Phi) is 5.59. The van der Waals surface area contributed by atoms with Crippen molar-refractivity contribution < 1.29 is 14.7 Å². The molecule has 114 valence electrons. The summed E-state index contributed by atoms with van der Waals surface area (Å²) in [6, 6.07) is 6.33. The summed E-state index contributed by atoms with van der Waals surface area (Å²) >= 11 is 5.87. The van der Waals surface area contributed by atoms with Crippen LogP contribution in [0, 0.1) is 0 Å². The molecular formula is C15H19ClN2O3. The zero-order chi connectivity index (χ0) is 15.2. The molecule has 1 fully saturated rings. The molecule has 2 rings (SSSR count). The number of benzene rings is 1. The molecule has 1 aliphatic rings. The van der Waals surface area contributed by atoms with Gasteiger partial charge in [0, 0.05) is 10.7 Å². The van der Waals surface area contributed by atoms with Gasteiger partial charge in [0.15, 0.2) is 0 Å². The first kappa shape index (κ1) is 15.8. The standard InChI is InChI=1S/C15H19ClN2O3/c16-11-5-4-6-12(9-11)17-14(19)10-18-8-3-1-2-7-13(18)15(20)21/h4-6,9,13H,1-3,7-8,10H2,(H,17,19)(H,20,21). The molecule has 1 heterocycles. The smallest absolute Gasteiger partial charge is 0.320 e. The first-order chi connectivity index (χ1) is 10.1. The van der Waals surface area contributed by atoms with E-state index in [-0.39, 0.29) is 12.5 Å². The highest BCUT2D eigenvalue weighted by molar-refractivity contribution is 6.30. The van der Waals surface area contributed by atoms with Crippen molar-refractivity contribution in [3.8, 4) is 0 Å². The van der Waals surface area contributed by atoms with Gasteiger partial charge in [0.1, 0.15) is 6.04 Å². The third kappa shape index (κ3) is 4.72. The van der Waals surface area contributed by atoms with Crippen LogP contribution in [0.25, 0.3) is 0 Å². The van der Waals surface area contributed by atoms with Gasteiger partial charge in [-0.2, -0.15) is 0 Å². The Bertz CT molecular complexity index is 521. The summed E-state index contributed by atoms with van der Waals surface area (Å²) in [4.78, 5) is 25.1. The highest BCUT2D eigenvalue weighted by atomic mass is 35.5. The van der Waals surface area contributed by atoms with Gasteiger partial charge >= 0.3 is 5.97 Å². The van der Waals surface area contributed by atoms with Gasteiger partial charge in [0.05, 0.1) is 6.54 Å². The highest BCUT2D eigenvalue weighted by Gasteiger charge is 2.28. The van der Waals surface area contributed by atoms with E-state index in [1.807, 2.05) is 0 Å². The lowest BCUT2D eigenvalue weighted by Crippen LogP contribution is -2.44. The van der Waals surface area contributed by atoms with Crippen LogP contribution < -0.4 is 5.32 Å². The first-order valence-corrected chi connectivity index (χ1v) is 7.46. The normalized spacial score (nSPS) is 19.8. The lowest BCUT2D eigenvalue weighted by Gasteiger charge is -2.25. The third-order valence-corrected chi connectivity index (χ3v) is 3.84. The van der Waals surface area contributed by atoms with Gasteiger partial charge in [-0.3, -0.25) is 14.5 Å². The number of aliphatic carboxylic acids is 1. The van der Waals surface area contributed by atoms with E-state index >= 15 is 0 Å². The number of rotatable bonds is 4. The van der Waals surface area contributed by atoms with E-state index < -0.39 is 12.0 Å². The van der Waals surface area contributed by atoms with Crippen molar-refractivity contribution in [2.45, 2.75) is 31.7 Å². The molecule has 1 aromatic rings. The maximum atomic E-state index is 12.1. The number of halogens is 1. The fourth-order valence-electron chi connectivity index (χ4n) is 2.59. The molecule has 6 heteroatoms. The number of nitrogens with one attached hydrogen (secondary N) is 1. The Hall–Kier alpha value is -1.59. The number of carboxylic acid groups (broad SMARTS) is 1. The molecule has 1 aromatic carbocycles. The second-order valence-corrected chi connectivity index (χ2v) is 5.67. The van der Waals surface area contributed by atoms with E-state index in [0.29, 0.717) is 23.7 Å². The van der Waals surface area contributed by atoms with Crippen LogP contribution in [0.3, 0.4) is 0 Å². The number of anilines is 1. The molecule has 0 spiro atoms. The Morgan fingerprint density at radius 1 is 1.33 bits per heavy atom. The number of amides is 1. The van der Waals surface area contributed by atoms with E-state index in [9.17, 15) is 14.7 Å². The predicted molar refractivity (Wildman–Crippen MR) is 81.5 cm³/mol. The van der Waals surface area contributed by atoms with E-state index in [0.717, 1.165) is 19.3 Å². The molecule has 1 saturated heterocycles. The van der Waals surface area contributed by atoms with Gasteiger partial charge in [0.25, 0.3) is 0 Å². The quantitative estimate of drug-likeness (QED) is 0.897. The average Bonchev–Trinajstić information content (AvgIpc) is 2.64. The fourth-order valence-corrected chi connectivity index (χ4v) is 2.78. The lowest BCUT2D eigenvalue weighted by molar-refractivity contribution is -0.143. The zero-order valence-corrected chi connectivity index (χ0v) is 12.5. The summed E-state index contributed by atoms with van der Waals surface area (Å²) in [6.07, 6.45) is 3.42. The molecule has 1 atom stereocenters. The number of carbonyl (C=O) groups excluding carboxylic acids is 1. The SMILES string of the molecule is O=C(CN1CCCCCC1C(=O)O)Nc1cccc(Cl)c1. The minimum atomic E-state index is -0.854. The van der Waals surface area contributed by atoms with Crippen LogP contribution in [0.5, 0.6) is 0 Å². The highest BCUT2D eigenvalue weighted by Crippen LogP contribution is 2.18. The summed E-state index contributed by atoms with van der Waals surface area (Å²) in [5.41, 5.74) is 0.620. The fraction of sp³-hybridized carbons (Fsp3) is 0.467. The molecule has 5 nitrogen and oxygen atoms in total. The topological polar surface area (TPSA) is 69.6 Å². The molecular weight excluding hydrogens is 292 g/mol. The van der Waals surface area contributed by atoms with Crippen LogP contribution in [-0.4, -0.2) is 41.0 Å². The van der Waals surface area contributed by atoms with Crippen molar-refractivity contribution in [1.29, 1.82) is 0 Å². The zero-order valence-electron chi connectivity index (χ0n) is 11.7. The number of nitrogens with zero attached hydrogens (tertiary/aromatic N) is 1. The Morgan fingerprint density at radius 3 is 2.86 bits per heavy atom. The molecule has 1 aliphatic heterocycles. The predicted octanol–water partition coefficient (Wildman–Crippen LogP) is 2.61. The summed E-state index contributed by atoms with van der Waals surface area (Å²) in [5.74, 6) is -1.07. The third-order valence-electron chi connectivity index (χ3n) is 3.60. The molecule has 0 saturated carbocycles. The molecule has 2 N–H and O–H groups in total. The monoisotopic (exact) mass is 310 g/mol. The summed E-state index contributed by atoms with van der Waals surface area (Å²) < 4.78 is 0. The molecule has 0 bridgehead atoms. The molecule has 0 aromatic heterocycles. The van der Waals surface area contributed by atoms with Crippen molar-refractivity contribution in [2.75, 3.05) is 18.4 Å². The molecule has 1 amide bonds. The van der Waals surface area contributed by atoms with Crippen LogP contribution >= 0.6 is 11.6 Å². The van der Waals surface area contributed by atoms with E-state index in [1.165, 1.54) is 0 Å². The van der Waals surface area contributed by atoms with Gasteiger partial charge in [-0.1, -0.05) is 30.5 Å². The van der Waals surface area contributed by atoms with Crippen molar-refractivity contribution >= 4 is 29.2 Å². The minimum Gasteiger partial charge on any atom is -0.480 e. The minimum absolute atomic E-state index is 0.0868. The number of likely N-dealkylation sites (tertiary alicyclic amines) is 1. The number of carbonyl (C=O) groups is 2. The summed E-state index contributed by atoms with van der Waals surface area (Å²) in [7, 11) is 0. The van der Waals surface area contributed by atoms with E-state index in [4.69, 9.17) is 11.6 Å². The second kappa shape index (κ2) is 7.43. The van der Waals surface area contributed by atoms with Gasteiger partial charge in [-0.15, -0.1) is 0 Å². The maximum absolute atomic E-state index is 12.1. The van der Waals surface area contributed by atoms with Crippen molar-refractivity contribution in [2.24, 2.45) is 0 Å². The Balaban J connectivity index is 1.97. The summed E-state index contributed by atoms with van der Waals surface area (Å²) in [6.45, 7) is 0.726. The number of hydrogen-bond donors (Lipinski definition) is 2. The van der Waals surface area contributed by atoms with Crippen LogP contribution in [0.2, 0.25) is 5.02 Å². The van der Waals surface area contributed by atoms with Gasteiger partial charge in [-0.05, 0) is 37.6 Å². The van der Waals surface area contributed by atoms with Crippen molar-refractivity contribution in [1.82, 2.24) is 4.90 Å². The molecule has 0 aliphatic carbocycles. The molecule has 0 radical (unpaired) electrons.